The van der Waals surface area contributed by atoms with Crippen molar-refractivity contribution >= 4 is 38.3 Å². The average molecular weight is 355 g/mol. The molecule has 3 aromatic rings. The van der Waals surface area contributed by atoms with Gasteiger partial charge in [-0.25, -0.2) is 12.8 Å². The molecule has 5 nitrogen and oxygen atoms in total. The van der Waals surface area contributed by atoms with Gasteiger partial charge in [0.1, 0.15) is 4.90 Å². The molecule has 120 valence electrons. The van der Waals surface area contributed by atoms with Crippen molar-refractivity contribution in [1.82, 2.24) is 5.16 Å². The van der Waals surface area contributed by atoms with Crippen molar-refractivity contribution in [3.8, 4) is 0 Å². The van der Waals surface area contributed by atoms with Gasteiger partial charge in [0.05, 0.1) is 16.4 Å². The molecule has 0 fully saturated rings. The molecule has 0 atom stereocenters. The maximum Gasteiger partial charge on any atom is 0.264 e. The molecule has 23 heavy (non-hydrogen) atoms. The van der Waals surface area contributed by atoms with E-state index in [4.69, 9.17) is 16.1 Å². The van der Waals surface area contributed by atoms with E-state index in [1.807, 2.05) is 0 Å². The summed E-state index contributed by atoms with van der Waals surface area (Å²) in [6, 6.07) is 7.09. The van der Waals surface area contributed by atoms with E-state index in [1.165, 1.54) is 12.1 Å². The number of rotatable bonds is 3. The van der Waals surface area contributed by atoms with Crippen LogP contribution < -0.4 is 4.72 Å². The summed E-state index contributed by atoms with van der Waals surface area (Å²) >= 11 is 5.65. The molecule has 8 heteroatoms. The van der Waals surface area contributed by atoms with Crippen molar-refractivity contribution < 1.29 is 17.3 Å². The Labute approximate surface area is 137 Å². The fourth-order valence-electron chi connectivity index (χ4n) is 2.21. The standard InChI is InChI=1S/C15H12ClFN2O3S/c1-8-6-13-10(9(2)18-22-13)7-12(8)19-23(20,21)14-5-3-4-11(16)15(14)17/h3-7,19H,1-2H3. The normalized spacial score (nSPS) is 11.8. The molecule has 0 radical (unpaired) electrons. The first-order chi connectivity index (χ1) is 10.8. The third-order valence-corrected chi connectivity index (χ3v) is 5.12. The van der Waals surface area contributed by atoms with Crippen LogP contribution in [0.4, 0.5) is 10.1 Å². The minimum Gasteiger partial charge on any atom is -0.356 e. The number of aromatic nitrogens is 1. The first-order valence-electron chi connectivity index (χ1n) is 6.63. The van der Waals surface area contributed by atoms with Crippen molar-refractivity contribution in [2.24, 2.45) is 0 Å². The summed E-state index contributed by atoms with van der Waals surface area (Å²) in [5.74, 6) is -0.985. The molecule has 0 aliphatic carbocycles. The molecule has 0 spiro atoms. The summed E-state index contributed by atoms with van der Waals surface area (Å²) < 4.78 is 46.4. The van der Waals surface area contributed by atoms with Gasteiger partial charge in [0.15, 0.2) is 11.4 Å². The van der Waals surface area contributed by atoms with Crippen LogP contribution in [0.5, 0.6) is 0 Å². The first-order valence-corrected chi connectivity index (χ1v) is 8.49. The van der Waals surface area contributed by atoms with E-state index in [9.17, 15) is 12.8 Å². The number of nitrogens with one attached hydrogen (secondary N) is 1. The van der Waals surface area contributed by atoms with Gasteiger partial charge in [-0.05, 0) is 43.7 Å². The highest BCUT2D eigenvalue weighted by Crippen LogP contribution is 2.29. The molecular formula is C15H12ClFN2O3S. The minimum absolute atomic E-state index is 0.255. The summed E-state index contributed by atoms with van der Waals surface area (Å²) in [7, 11) is -4.11. The Morgan fingerprint density at radius 2 is 2.00 bits per heavy atom. The second-order valence-corrected chi connectivity index (χ2v) is 7.15. The van der Waals surface area contributed by atoms with E-state index < -0.39 is 20.7 Å². The Kier molecular flexibility index (Phi) is 3.77. The minimum atomic E-state index is -4.11. The number of halogens is 2. The topological polar surface area (TPSA) is 72.2 Å². The van der Waals surface area contributed by atoms with Gasteiger partial charge < -0.3 is 4.52 Å². The Morgan fingerprint density at radius 1 is 1.26 bits per heavy atom. The summed E-state index contributed by atoms with van der Waals surface area (Å²) in [5, 5.41) is 4.25. The molecule has 1 heterocycles. The van der Waals surface area contributed by atoms with Crippen molar-refractivity contribution in [2.45, 2.75) is 18.7 Å². The van der Waals surface area contributed by atoms with Crippen LogP contribution in [0, 0.1) is 19.7 Å². The fraction of sp³-hybridized carbons (Fsp3) is 0.133. The monoisotopic (exact) mass is 354 g/mol. The van der Waals surface area contributed by atoms with Crippen molar-refractivity contribution in [3.63, 3.8) is 0 Å². The van der Waals surface area contributed by atoms with Gasteiger partial charge in [-0.3, -0.25) is 4.72 Å². The van der Waals surface area contributed by atoms with Crippen molar-refractivity contribution in [2.75, 3.05) is 4.72 Å². The number of hydrogen-bond donors (Lipinski definition) is 1. The lowest BCUT2D eigenvalue weighted by Crippen LogP contribution is -2.15. The predicted molar refractivity (Wildman–Crippen MR) is 85.7 cm³/mol. The Hall–Kier alpha value is -2.12. The van der Waals surface area contributed by atoms with Gasteiger partial charge in [-0.2, -0.15) is 0 Å². The van der Waals surface area contributed by atoms with Gasteiger partial charge in [0.2, 0.25) is 0 Å². The lowest BCUT2D eigenvalue weighted by molar-refractivity contribution is 0.450. The third kappa shape index (κ3) is 2.77. The third-order valence-electron chi connectivity index (χ3n) is 3.45. The van der Waals surface area contributed by atoms with Crippen molar-refractivity contribution in [3.05, 3.63) is 52.4 Å². The molecule has 0 bridgehead atoms. The average Bonchev–Trinajstić information content (AvgIpc) is 2.82. The predicted octanol–water partition coefficient (Wildman–Crippen LogP) is 4.04. The smallest absolute Gasteiger partial charge is 0.264 e. The molecule has 0 saturated heterocycles. The quantitative estimate of drug-likeness (QED) is 0.770. The van der Waals surface area contributed by atoms with Gasteiger partial charge in [0.25, 0.3) is 10.0 Å². The largest absolute Gasteiger partial charge is 0.356 e. The summed E-state index contributed by atoms with van der Waals surface area (Å²) in [4.78, 5) is -0.508. The zero-order chi connectivity index (χ0) is 16.8. The van der Waals surface area contributed by atoms with Gasteiger partial charge in [-0.1, -0.05) is 22.8 Å². The number of anilines is 1. The van der Waals surface area contributed by atoms with Crippen LogP contribution in [-0.4, -0.2) is 13.6 Å². The van der Waals surface area contributed by atoms with Crippen molar-refractivity contribution in [1.29, 1.82) is 0 Å². The van der Waals surface area contributed by atoms with Crippen LogP contribution in [0.25, 0.3) is 11.0 Å². The maximum atomic E-state index is 14.0. The second-order valence-electron chi connectivity index (χ2n) is 5.09. The molecule has 3 rings (SSSR count). The number of hydrogen-bond acceptors (Lipinski definition) is 4. The molecule has 0 unspecified atom stereocenters. The maximum absolute atomic E-state index is 14.0. The molecular weight excluding hydrogens is 343 g/mol. The van der Waals surface area contributed by atoms with Gasteiger partial charge >= 0.3 is 0 Å². The second kappa shape index (κ2) is 5.50. The van der Waals surface area contributed by atoms with Crippen LogP contribution >= 0.6 is 11.6 Å². The van der Waals surface area contributed by atoms with E-state index in [0.717, 1.165) is 6.07 Å². The van der Waals surface area contributed by atoms with Crippen LogP contribution in [0.1, 0.15) is 11.3 Å². The summed E-state index contributed by atoms with van der Waals surface area (Å²) in [6.45, 7) is 3.46. The van der Waals surface area contributed by atoms with Gasteiger partial charge in [-0.15, -0.1) is 0 Å². The lowest BCUT2D eigenvalue weighted by atomic mass is 10.1. The Bertz CT molecular complexity index is 1010. The number of sulfonamides is 1. The van der Waals surface area contributed by atoms with Gasteiger partial charge in [0, 0.05) is 5.39 Å². The molecule has 0 amide bonds. The highest BCUT2D eigenvalue weighted by molar-refractivity contribution is 7.92. The van der Waals surface area contributed by atoms with E-state index in [0.29, 0.717) is 27.9 Å². The SMILES string of the molecule is Cc1cc2onc(C)c2cc1NS(=O)(=O)c1cccc(Cl)c1F. The lowest BCUT2D eigenvalue weighted by Gasteiger charge is -2.11. The Morgan fingerprint density at radius 3 is 2.74 bits per heavy atom. The van der Waals surface area contributed by atoms with Crippen LogP contribution in [0.15, 0.2) is 39.8 Å². The van der Waals surface area contributed by atoms with E-state index in [2.05, 4.69) is 9.88 Å². The molecule has 2 aromatic carbocycles. The molecule has 0 aliphatic rings. The van der Waals surface area contributed by atoms with E-state index in [1.54, 1.807) is 26.0 Å². The molecule has 0 saturated carbocycles. The number of nitrogens with zero attached hydrogens (tertiary/aromatic N) is 1. The molecule has 0 aliphatic heterocycles. The van der Waals surface area contributed by atoms with Crippen LogP contribution in [0.2, 0.25) is 5.02 Å². The zero-order valence-corrected chi connectivity index (χ0v) is 13.8. The number of aryl methyl sites for hydroxylation is 2. The highest BCUT2D eigenvalue weighted by atomic mass is 35.5. The molecule has 1 N–H and O–H groups in total. The number of benzene rings is 2. The van der Waals surface area contributed by atoms with E-state index in [-0.39, 0.29) is 5.02 Å². The molecule has 1 aromatic heterocycles. The van der Waals surface area contributed by atoms with Crippen LogP contribution in [-0.2, 0) is 10.0 Å². The van der Waals surface area contributed by atoms with E-state index >= 15 is 0 Å². The number of fused-ring (bicyclic) bond motifs is 1. The van der Waals surface area contributed by atoms with Crippen LogP contribution in [0.3, 0.4) is 0 Å². The highest BCUT2D eigenvalue weighted by Gasteiger charge is 2.22. The zero-order valence-electron chi connectivity index (χ0n) is 12.2. The summed E-state index contributed by atoms with van der Waals surface area (Å²) in [6.07, 6.45) is 0. The first kappa shape index (κ1) is 15.8. The summed E-state index contributed by atoms with van der Waals surface area (Å²) in [5.41, 5.74) is 2.13. The Balaban J connectivity index is 2.08. The fourth-order valence-corrected chi connectivity index (χ4v) is 3.66.